The van der Waals surface area contributed by atoms with Crippen LogP contribution < -0.4 is 4.72 Å². The number of nitrogens with zero attached hydrogens (tertiary/aromatic N) is 1. The van der Waals surface area contributed by atoms with Crippen molar-refractivity contribution in [3.05, 3.63) is 52.9 Å². The Morgan fingerprint density at radius 1 is 1.08 bits per heavy atom. The minimum atomic E-state index is -3.58. The molecule has 5 nitrogen and oxygen atoms in total. The number of hydrogen-bond donors (Lipinski definition) is 1. The second-order valence-electron chi connectivity index (χ2n) is 6.49. The van der Waals surface area contributed by atoms with Crippen molar-refractivity contribution in [1.82, 2.24) is 9.62 Å². The predicted molar refractivity (Wildman–Crippen MR) is 104 cm³/mol. The van der Waals surface area contributed by atoms with Crippen LogP contribution in [0.25, 0.3) is 0 Å². The van der Waals surface area contributed by atoms with Crippen LogP contribution in [0.5, 0.6) is 0 Å². The third-order valence-corrected chi connectivity index (χ3v) is 7.43. The molecule has 0 saturated carbocycles. The molecule has 0 atom stereocenters. The SMILES string of the molecule is O=C(c1csc(S(=O)(=O)NCCc2ccccc2)c1)N1CCCCCC1. The van der Waals surface area contributed by atoms with Crippen molar-refractivity contribution in [3.8, 4) is 0 Å². The van der Waals surface area contributed by atoms with E-state index < -0.39 is 10.0 Å². The molecular weight excluding hydrogens is 368 g/mol. The summed E-state index contributed by atoms with van der Waals surface area (Å²) in [5.74, 6) is -0.0612. The van der Waals surface area contributed by atoms with Gasteiger partial charge in [0, 0.05) is 25.0 Å². The molecule has 1 saturated heterocycles. The lowest BCUT2D eigenvalue weighted by molar-refractivity contribution is 0.0762. The number of hydrogen-bond acceptors (Lipinski definition) is 4. The summed E-state index contributed by atoms with van der Waals surface area (Å²) in [6.07, 6.45) is 4.96. The Kier molecular flexibility index (Phi) is 6.45. The van der Waals surface area contributed by atoms with Gasteiger partial charge in [-0.1, -0.05) is 43.2 Å². The van der Waals surface area contributed by atoms with Crippen molar-refractivity contribution >= 4 is 27.3 Å². The summed E-state index contributed by atoms with van der Waals surface area (Å²) >= 11 is 1.10. The Bertz CT molecular complexity index is 823. The first-order valence-corrected chi connectivity index (χ1v) is 11.3. The number of thiophene rings is 1. The predicted octanol–water partition coefficient (Wildman–Crippen LogP) is 3.29. The fraction of sp³-hybridized carbons (Fsp3) is 0.421. The van der Waals surface area contributed by atoms with E-state index in [1.807, 2.05) is 35.2 Å². The highest BCUT2D eigenvalue weighted by molar-refractivity contribution is 7.91. The maximum absolute atomic E-state index is 12.6. The summed E-state index contributed by atoms with van der Waals surface area (Å²) in [5.41, 5.74) is 1.55. The summed E-state index contributed by atoms with van der Waals surface area (Å²) in [7, 11) is -3.58. The van der Waals surface area contributed by atoms with Crippen LogP contribution >= 0.6 is 11.3 Å². The van der Waals surface area contributed by atoms with Crippen molar-refractivity contribution in [2.24, 2.45) is 0 Å². The molecule has 0 radical (unpaired) electrons. The number of likely N-dealkylation sites (tertiary alicyclic amines) is 1. The molecular formula is C19H24N2O3S2. The van der Waals surface area contributed by atoms with Crippen LogP contribution in [-0.2, 0) is 16.4 Å². The van der Waals surface area contributed by atoms with Gasteiger partial charge in [0.25, 0.3) is 5.91 Å². The van der Waals surface area contributed by atoms with Gasteiger partial charge in [-0.05, 0) is 30.9 Å². The first-order valence-electron chi connectivity index (χ1n) is 8.98. The van der Waals surface area contributed by atoms with Crippen LogP contribution in [0, 0.1) is 0 Å². The summed E-state index contributed by atoms with van der Waals surface area (Å²) in [4.78, 5) is 14.5. The minimum Gasteiger partial charge on any atom is -0.339 e. The van der Waals surface area contributed by atoms with Gasteiger partial charge in [0.05, 0.1) is 5.56 Å². The van der Waals surface area contributed by atoms with E-state index in [0.717, 1.165) is 55.7 Å². The molecule has 0 unspecified atom stereocenters. The van der Waals surface area contributed by atoms with Crippen molar-refractivity contribution < 1.29 is 13.2 Å². The number of rotatable bonds is 6. The molecule has 0 spiro atoms. The Balaban J connectivity index is 1.61. The summed E-state index contributed by atoms with van der Waals surface area (Å²) in [6, 6.07) is 11.2. The van der Waals surface area contributed by atoms with Crippen LogP contribution in [0.3, 0.4) is 0 Å². The highest BCUT2D eigenvalue weighted by Gasteiger charge is 2.22. The number of nitrogens with one attached hydrogen (secondary N) is 1. The second kappa shape index (κ2) is 8.79. The fourth-order valence-electron chi connectivity index (χ4n) is 3.07. The average Bonchev–Trinajstić information content (AvgIpc) is 2.99. The zero-order chi connectivity index (χ0) is 18.4. The Morgan fingerprint density at radius 3 is 2.46 bits per heavy atom. The first kappa shape index (κ1) is 19.1. The fourth-order valence-corrected chi connectivity index (χ4v) is 5.30. The summed E-state index contributed by atoms with van der Waals surface area (Å²) in [5, 5.41) is 1.65. The number of benzene rings is 1. The summed E-state index contributed by atoms with van der Waals surface area (Å²) < 4.78 is 27.7. The molecule has 3 rings (SSSR count). The lowest BCUT2D eigenvalue weighted by Crippen LogP contribution is -2.31. The minimum absolute atomic E-state index is 0.0612. The van der Waals surface area contributed by atoms with E-state index >= 15 is 0 Å². The highest BCUT2D eigenvalue weighted by Crippen LogP contribution is 2.22. The largest absolute Gasteiger partial charge is 0.339 e. The van der Waals surface area contributed by atoms with Gasteiger partial charge in [-0.2, -0.15) is 0 Å². The third kappa shape index (κ3) is 4.93. The molecule has 2 aromatic rings. The molecule has 1 aliphatic rings. The van der Waals surface area contributed by atoms with E-state index in [4.69, 9.17) is 0 Å². The van der Waals surface area contributed by atoms with Gasteiger partial charge in [-0.15, -0.1) is 11.3 Å². The van der Waals surface area contributed by atoms with E-state index in [1.165, 1.54) is 6.07 Å². The maximum Gasteiger partial charge on any atom is 0.254 e. The Hall–Kier alpha value is -1.70. The van der Waals surface area contributed by atoms with E-state index in [-0.39, 0.29) is 10.1 Å². The Labute approximate surface area is 159 Å². The normalized spacial score (nSPS) is 15.6. The van der Waals surface area contributed by atoms with E-state index in [1.54, 1.807) is 5.38 Å². The molecule has 1 aliphatic heterocycles. The number of carbonyl (C=O) groups excluding carboxylic acids is 1. The standard InChI is InChI=1S/C19H24N2O3S2/c22-19(21-12-6-1-2-7-13-21)17-14-18(25-15-17)26(23,24)20-11-10-16-8-4-3-5-9-16/h3-5,8-9,14-15,20H,1-2,6-7,10-13H2. The van der Waals surface area contributed by atoms with Crippen molar-refractivity contribution in [3.63, 3.8) is 0 Å². The zero-order valence-corrected chi connectivity index (χ0v) is 16.3. The molecule has 1 amide bonds. The lowest BCUT2D eigenvalue weighted by Gasteiger charge is -2.19. The number of sulfonamides is 1. The van der Waals surface area contributed by atoms with Crippen molar-refractivity contribution in [2.75, 3.05) is 19.6 Å². The smallest absolute Gasteiger partial charge is 0.254 e. The molecule has 140 valence electrons. The molecule has 26 heavy (non-hydrogen) atoms. The van der Waals surface area contributed by atoms with Gasteiger partial charge in [-0.3, -0.25) is 4.79 Å². The van der Waals surface area contributed by atoms with Gasteiger partial charge < -0.3 is 4.90 Å². The van der Waals surface area contributed by atoms with Crippen molar-refractivity contribution in [1.29, 1.82) is 0 Å². The van der Waals surface area contributed by atoms with Gasteiger partial charge in [0.1, 0.15) is 4.21 Å². The lowest BCUT2D eigenvalue weighted by atomic mass is 10.2. The monoisotopic (exact) mass is 392 g/mol. The van der Waals surface area contributed by atoms with Gasteiger partial charge >= 0.3 is 0 Å². The molecule has 1 N–H and O–H groups in total. The maximum atomic E-state index is 12.6. The molecule has 1 aromatic heterocycles. The van der Waals surface area contributed by atoms with Gasteiger partial charge in [0.15, 0.2) is 0 Å². The molecule has 1 aromatic carbocycles. The molecule has 7 heteroatoms. The van der Waals surface area contributed by atoms with Gasteiger partial charge in [0.2, 0.25) is 10.0 Å². The van der Waals surface area contributed by atoms with E-state index in [2.05, 4.69) is 4.72 Å². The quantitative estimate of drug-likeness (QED) is 0.820. The molecule has 0 aliphatic carbocycles. The number of carbonyl (C=O) groups is 1. The number of amides is 1. The Morgan fingerprint density at radius 2 is 1.77 bits per heavy atom. The van der Waals surface area contributed by atoms with Crippen LogP contribution in [0.1, 0.15) is 41.6 Å². The molecule has 2 heterocycles. The van der Waals surface area contributed by atoms with Crippen molar-refractivity contribution in [2.45, 2.75) is 36.3 Å². The van der Waals surface area contributed by atoms with Crippen LogP contribution in [0.4, 0.5) is 0 Å². The van der Waals surface area contributed by atoms with Crippen LogP contribution in [-0.4, -0.2) is 38.9 Å². The van der Waals surface area contributed by atoms with E-state index in [0.29, 0.717) is 18.5 Å². The molecule has 1 fully saturated rings. The van der Waals surface area contributed by atoms with Gasteiger partial charge in [-0.25, -0.2) is 13.1 Å². The second-order valence-corrected chi connectivity index (χ2v) is 9.40. The third-order valence-electron chi connectivity index (χ3n) is 4.53. The zero-order valence-electron chi connectivity index (χ0n) is 14.7. The topological polar surface area (TPSA) is 66.5 Å². The molecule has 0 bridgehead atoms. The average molecular weight is 393 g/mol. The first-order chi connectivity index (χ1) is 12.6. The van der Waals surface area contributed by atoms with Crippen LogP contribution in [0.15, 0.2) is 46.0 Å². The van der Waals surface area contributed by atoms with Crippen LogP contribution in [0.2, 0.25) is 0 Å². The highest BCUT2D eigenvalue weighted by atomic mass is 32.2. The van der Waals surface area contributed by atoms with E-state index in [9.17, 15) is 13.2 Å². The summed E-state index contributed by atoms with van der Waals surface area (Å²) in [6.45, 7) is 1.85.